The van der Waals surface area contributed by atoms with Crippen LogP contribution in [0.2, 0.25) is 5.02 Å². The molecule has 148 valence electrons. The molecule has 0 aliphatic carbocycles. The molecule has 2 aliphatic rings. The molecule has 2 aromatic heterocycles. The normalized spacial score (nSPS) is 19.4. The Hall–Kier alpha value is -3.16. The number of halogens is 2. The summed E-state index contributed by atoms with van der Waals surface area (Å²) in [6.45, 7) is 0. The molecule has 6 rings (SSSR count). The number of thiophene rings is 1. The third-order valence-electron chi connectivity index (χ3n) is 5.36. The Balaban J connectivity index is 1.64. The van der Waals surface area contributed by atoms with Gasteiger partial charge in [-0.15, -0.1) is 11.3 Å². The second-order valence-corrected chi connectivity index (χ2v) is 8.51. The molecular formula is C22H14ClFN4OS. The highest BCUT2D eigenvalue weighted by Gasteiger charge is 2.41. The molecule has 0 bridgehead atoms. The number of fused-ring (bicyclic) bond motifs is 3. The van der Waals surface area contributed by atoms with Crippen molar-refractivity contribution in [2.75, 3.05) is 5.32 Å². The number of nitrogens with one attached hydrogen (secondary N) is 1. The van der Waals surface area contributed by atoms with Gasteiger partial charge in [0.15, 0.2) is 6.10 Å². The number of aromatic nitrogens is 3. The van der Waals surface area contributed by atoms with E-state index >= 15 is 0 Å². The van der Waals surface area contributed by atoms with Gasteiger partial charge in [-0.1, -0.05) is 29.8 Å². The summed E-state index contributed by atoms with van der Waals surface area (Å²) in [5, 5.41) is 10.5. The maximum Gasteiger partial charge on any atom is 0.226 e. The predicted molar refractivity (Wildman–Crippen MR) is 114 cm³/mol. The van der Waals surface area contributed by atoms with Crippen molar-refractivity contribution in [1.29, 1.82) is 0 Å². The van der Waals surface area contributed by atoms with Crippen molar-refractivity contribution in [3.63, 3.8) is 0 Å². The highest BCUT2D eigenvalue weighted by Crippen LogP contribution is 2.51. The van der Waals surface area contributed by atoms with Crippen molar-refractivity contribution in [2.45, 2.75) is 12.1 Å². The number of benzene rings is 2. The predicted octanol–water partition coefficient (Wildman–Crippen LogP) is 5.69. The molecule has 0 spiro atoms. The lowest BCUT2D eigenvalue weighted by atomic mass is 9.86. The first-order valence-electron chi connectivity index (χ1n) is 9.35. The summed E-state index contributed by atoms with van der Waals surface area (Å²) in [6, 6.07) is 15.8. The Labute approximate surface area is 180 Å². The molecule has 2 atom stereocenters. The van der Waals surface area contributed by atoms with Crippen LogP contribution in [0.1, 0.15) is 28.1 Å². The fourth-order valence-corrected chi connectivity index (χ4v) is 5.03. The monoisotopic (exact) mass is 436 g/mol. The maximum absolute atomic E-state index is 13.7. The van der Waals surface area contributed by atoms with Gasteiger partial charge in [-0.25, -0.2) is 9.07 Å². The van der Waals surface area contributed by atoms with E-state index in [1.165, 1.54) is 18.5 Å². The van der Waals surface area contributed by atoms with Gasteiger partial charge < -0.3 is 10.1 Å². The van der Waals surface area contributed by atoms with Crippen LogP contribution in [0, 0.1) is 5.82 Å². The van der Waals surface area contributed by atoms with E-state index in [1.54, 1.807) is 23.5 Å². The molecule has 30 heavy (non-hydrogen) atoms. The minimum absolute atomic E-state index is 0.285. The first-order valence-corrected chi connectivity index (χ1v) is 10.6. The number of hydrogen-bond acceptors (Lipinski definition) is 5. The zero-order chi connectivity index (χ0) is 20.2. The van der Waals surface area contributed by atoms with Gasteiger partial charge in [0.1, 0.15) is 23.9 Å². The summed E-state index contributed by atoms with van der Waals surface area (Å²) in [5.74, 6) is 1.07. The number of rotatable bonds is 2. The molecule has 4 heterocycles. The molecule has 2 aliphatic heterocycles. The van der Waals surface area contributed by atoms with Crippen LogP contribution in [-0.2, 0) is 0 Å². The first-order chi connectivity index (χ1) is 14.7. The summed E-state index contributed by atoms with van der Waals surface area (Å²) in [6.07, 6.45) is 1.19. The SMILES string of the molecule is Fc1ccc([C@@H]2C3=C(Nc4ncnn42)c2cc(Cl)ccc2O[C@H]3c2cccs2)cc1. The van der Waals surface area contributed by atoms with Crippen molar-refractivity contribution in [3.8, 4) is 5.75 Å². The first kappa shape index (κ1) is 17.7. The molecule has 0 unspecified atom stereocenters. The van der Waals surface area contributed by atoms with Crippen molar-refractivity contribution in [2.24, 2.45) is 0 Å². The Kier molecular flexibility index (Phi) is 3.94. The molecule has 1 N–H and O–H groups in total. The minimum atomic E-state index is -0.325. The van der Waals surface area contributed by atoms with E-state index in [0.29, 0.717) is 11.0 Å². The molecule has 0 amide bonds. The number of hydrogen-bond donors (Lipinski definition) is 1. The maximum atomic E-state index is 13.7. The van der Waals surface area contributed by atoms with Crippen LogP contribution in [0.3, 0.4) is 0 Å². The highest BCUT2D eigenvalue weighted by molar-refractivity contribution is 7.10. The Morgan fingerprint density at radius 2 is 2.00 bits per heavy atom. The molecule has 0 fully saturated rings. The van der Waals surface area contributed by atoms with Gasteiger partial charge in [-0.3, -0.25) is 0 Å². The van der Waals surface area contributed by atoms with Crippen LogP contribution in [0.15, 0.2) is 71.9 Å². The lowest BCUT2D eigenvalue weighted by Gasteiger charge is -2.38. The average molecular weight is 437 g/mol. The van der Waals surface area contributed by atoms with Gasteiger partial charge in [0, 0.05) is 21.0 Å². The Morgan fingerprint density at radius 1 is 1.13 bits per heavy atom. The van der Waals surface area contributed by atoms with E-state index < -0.39 is 0 Å². The molecule has 0 radical (unpaired) electrons. The van der Waals surface area contributed by atoms with Crippen LogP contribution in [-0.4, -0.2) is 14.8 Å². The lowest BCUT2D eigenvalue weighted by molar-refractivity contribution is 0.226. The van der Waals surface area contributed by atoms with Crippen molar-refractivity contribution < 1.29 is 9.13 Å². The number of ether oxygens (including phenoxy) is 1. The second kappa shape index (κ2) is 6.68. The summed E-state index contributed by atoms with van der Waals surface area (Å²) in [5.41, 5.74) is 3.64. The molecule has 5 nitrogen and oxygen atoms in total. The largest absolute Gasteiger partial charge is 0.480 e. The van der Waals surface area contributed by atoms with E-state index in [2.05, 4.69) is 21.5 Å². The van der Waals surface area contributed by atoms with Crippen LogP contribution in [0.25, 0.3) is 5.70 Å². The second-order valence-electron chi connectivity index (χ2n) is 7.09. The van der Waals surface area contributed by atoms with Crippen molar-refractivity contribution in [3.05, 3.63) is 98.7 Å². The Bertz CT molecular complexity index is 1280. The topological polar surface area (TPSA) is 52.0 Å². The summed E-state index contributed by atoms with van der Waals surface area (Å²) in [7, 11) is 0. The third kappa shape index (κ3) is 2.66. The lowest BCUT2D eigenvalue weighted by Crippen LogP contribution is -2.32. The summed E-state index contributed by atoms with van der Waals surface area (Å²) >= 11 is 7.94. The minimum Gasteiger partial charge on any atom is -0.480 e. The van der Waals surface area contributed by atoms with E-state index in [9.17, 15) is 4.39 Å². The highest BCUT2D eigenvalue weighted by atomic mass is 35.5. The van der Waals surface area contributed by atoms with E-state index in [-0.39, 0.29) is 18.0 Å². The molecule has 2 aromatic carbocycles. The fourth-order valence-electron chi connectivity index (χ4n) is 4.09. The van der Waals surface area contributed by atoms with Gasteiger partial charge in [0.2, 0.25) is 5.95 Å². The van der Waals surface area contributed by atoms with Crippen molar-refractivity contribution >= 4 is 34.6 Å². The summed E-state index contributed by atoms with van der Waals surface area (Å²) < 4.78 is 22.0. The third-order valence-corrected chi connectivity index (χ3v) is 6.51. The van der Waals surface area contributed by atoms with Gasteiger partial charge in [0.05, 0.1) is 5.70 Å². The zero-order valence-corrected chi connectivity index (χ0v) is 17.0. The standard InChI is InChI=1S/C22H14ClFN4OS/c23-13-5-8-16-15(10-13)19-18(21(29-16)17-2-1-9-30-17)20(12-3-6-14(24)7-4-12)28-22(27-19)25-11-26-28/h1-11,20-21H,(H,25,26,27)/t20-,21+/m1/s1. The smallest absolute Gasteiger partial charge is 0.226 e. The average Bonchev–Trinajstić information content (AvgIpc) is 3.44. The van der Waals surface area contributed by atoms with Crippen LogP contribution >= 0.6 is 22.9 Å². The quantitative estimate of drug-likeness (QED) is 0.438. The van der Waals surface area contributed by atoms with Gasteiger partial charge in [-0.05, 0) is 47.3 Å². The van der Waals surface area contributed by atoms with Crippen LogP contribution < -0.4 is 10.1 Å². The molecule has 4 aromatic rings. The zero-order valence-electron chi connectivity index (χ0n) is 15.4. The van der Waals surface area contributed by atoms with Gasteiger partial charge >= 0.3 is 0 Å². The van der Waals surface area contributed by atoms with Crippen LogP contribution in [0.5, 0.6) is 5.75 Å². The van der Waals surface area contributed by atoms with Gasteiger partial charge in [-0.2, -0.15) is 10.1 Å². The van der Waals surface area contributed by atoms with Crippen LogP contribution in [0.4, 0.5) is 10.3 Å². The van der Waals surface area contributed by atoms with E-state index in [0.717, 1.165) is 33.0 Å². The van der Waals surface area contributed by atoms with Crippen molar-refractivity contribution in [1.82, 2.24) is 14.8 Å². The molecule has 0 saturated carbocycles. The molecular weight excluding hydrogens is 423 g/mol. The van der Waals surface area contributed by atoms with E-state index in [4.69, 9.17) is 16.3 Å². The van der Waals surface area contributed by atoms with E-state index in [1.807, 2.05) is 34.3 Å². The number of anilines is 1. The molecule has 0 saturated heterocycles. The summed E-state index contributed by atoms with van der Waals surface area (Å²) in [4.78, 5) is 5.46. The fraction of sp³-hybridized carbons (Fsp3) is 0.0909. The number of nitrogens with zero attached hydrogens (tertiary/aromatic N) is 3. The Morgan fingerprint density at radius 3 is 2.80 bits per heavy atom. The molecule has 8 heteroatoms. The van der Waals surface area contributed by atoms with Gasteiger partial charge in [0.25, 0.3) is 0 Å².